The molecule has 1 aromatic carbocycles. The Morgan fingerprint density at radius 1 is 1.35 bits per heavy atom. The van der Waals surface area contributed by atoms with Gasteiger partial charge in [-0.25, -0.2) is 8.42 Å². The smallest absolute Gasteiger partial charge is 0.272 e. The van der Waals surface area contributed by atoms with Crippen molar-refractivity contribution in [1.29, 1.82) is 0 Å². The SMILES string of the molecule is Cc1cc(NS(=O)(=O)C(C)C)ccc1[N+](=O)[O-]. The molecule has 0 atom stereocenters. The molecular weight excluding hydrogens is 244 g/mol. The molecule has 0 spiro atoms. The van der Waals surface area contributed by atoms with Crippen LogP contribution in [0.15, 0.2) is 18.2 Å². The van der Waals surface area contributed by atoms with Crippen LogP contribution in [0.2, 0.25) is 0 Å². The zero-order valence-electron chi connectivity index (χ0n) is 9.80. The number of sulfonamides is 1. The van der Waals surface area contributed by atoms with Crippen LogP contribution < -0.4 is 4.72 Å². The molecule has 0 unspecified atom stereocenters. The Bertz CT molecular complexity index is 537. The summed E-state index contributed by atoms with van der Waals surface area (Å²) in [6.45, 7) is 4.67. The maximum atomic E-state index is 11.6. The molecule has 1 rings (SSSR count). The number of anilines is 1. The van der Waals surface area contributed by atoms with E-state index in [1.165, 1.54) is 18.2 Å². The van der Waals surface area contributed by atoms with Gasteiger partial charge in [0.25, 0.3) is 5.69 Å². The minimum atomic E-state index is -3.42. The molecule has 6 nitrogen and oxygen atoms in total. The average molecular weight is 258 g/mol. The molecule has 0 aromatic heterocycles. The second-order valence-corrected chi connectivity index (χ2v) is 6.19. The second kappa shape index (κ2) is 4.70. The zero-order valence-corrected chi connectivity index (χ0v) is 10.6. The van der Waals surface area contributed by atoms with Crippen LogP contribution in [-0.2, 0) is 10.0 Å². The summed E-state index contributed by atoms with van der Waals surface area (Å²) in [4.78, 5) is 10.1. The lowest BCUT2D eigenvalue weighted by Gasteiger charge is -2.11. The number of nitrogens with zero attached hydrogens (tertiary/aromatic N) is 1. The summed E-state index contributed by atoms with van der Waals surface area (Å²) < 4.78 is 25.5. The number of nitrogens with one attached hydrogen (secondary N) is 1. The predicted molar refractivity (Wildman–Crippen MR) is 65.5 cm³/mol. The van der Waals surface area contributed by atoms with Crippen LogP contribution in [-0.4, -0.2) is 18.6 Å². The minimum absolute atomic E-state index is 0.0301. The molecule has 1 N–H and O–H groups in total. The predicted octanol–water partition coefficient (Wildman–Crippen LogP) is 2.05. The molecule has 1 aromatic rings. The van der Waals surface area contributed by atoms with Gasteiger partial charge in [-0.1, -0.05) is 0 Å². The zero-order chi connectivity index (χ0) is 13.2. The lowest BCUT2D eigenvalue weighted by Crippen LogP contribution is -2.22. The van der Waals surface area contributed by atoms with Gasteiger partial charge in [0.15, 0.2) is 0 Å². The molecule has 0 radical (unpaired) electrons. The van der Waals surface area contributed by atoms with E-state index in [4.69, 9.17) is 0 Å². The number of hydrogen-bond acceptors (Lipinski definition) is 4. The maximum Gasteiger partial charge on any atom is 0.272 e. The Morgan fingerprint density at radius 2 is 1.94 bits per heavy atom. The molecule has 0 aliphatic rings. The molecule has 0 heterocycles. The highest BCUT2D eigenvalue weighted by atomic mass is 32.2. The molecule has 0 fully saturated rings. The number of nitro benzene ring substituents is 1. The second-order valence-electron chi connectivity index (χ2n) is 3.95. The highest BCUT2D eigenvalue weighted by Crippen LogP contribution is 2.22. The van der Waals surface area contributed by atoms with Crippen LogP contribution in [0.4, 0.5) is 11.4 Å². The first-order chi connectivity index (χ1) is 7.74. The normalized spacial score (nSPS) is 11.5. The standard InChI is InChI=1S/C10H14N2O4S/c1-7(2)17(15,16)11-9-4-5-10(12(13)14)8(3)6-9/h4-7,11H,1-3H3. The quantitative estimate of drug-likeness (QED) is 0.661. The van der Waals surface area contributed by atoms with Crippen molar-refractivity contribution in [3.05, 3.63) is 33.9 Å². The molecule has 0 aliphatic carbocycles. The number of nitro groups is 1. The number of hydrogen-bond donors (Lipinski definition) is 1. The van der Waals surface area contributed by atoms with Crippen LogP contribution in [0.5, 0.6) is 0 Å². The van der Waals surface area contributed by atoms with Gasteiger partial charge in [-0.3, -0.25) is 14.8 Å². The minimum Gasteiger partial charge on any atom is -0.283 e. The van der Waals surface area contributed by atoms with Crippen molar-refractivity contribution >= 4 is 21.4 Å². The first kappa shape index (κ1) is 13.4. The summed E-state index contributed by atoms with van der Waals surface area (Å²) in [5.74, 6) is 0. The molecule has 0 saturated heterocycles. The van der Waals surface area contributed by atoms with Gasteiger partial charge < -0.3 is 0 Å². The number of rotatable bonds is 4. The molecule has 0 bridgehead atoms. The Kier molecular flexibility index (Phi) is 3.72. The van der Waals surface area contributed by atoms with Crippen molar-refractivity contribution < 1.29 is 13.3 Å². The van der Waals surface area contributed by atoms with E-state index in [0.29, 0.717) is 11.3 Å². The number of benzene rings is 1. The van der Waals surface area contributed by atoms with Crippen molar-refractivity contribution in [2.45, 2.75) is 26.0 Å². The van der Waals surface area contributed by atoms with E-state index in [2.05, 4.69) is 4.72 Å². The first-order valence-electron chi connectivity index (χ1n) is 5.00. The lowest BCUT2D eigenvalue weighted by molar-refractivity contribution is -0.385. The molecule has 17 heavy (non-hydrogen) atoms. The lowest BCUT2D eigenvalue weighted by atomic mass is 10.2. The molecule has 7 heteroatoms. The van der Waals surface area contributed by atoms with Crippen molar-refractivity contribution in [3.63, 3.8) is 0 Å². The van der Waals surface area contributed by atoms with Gasteiger partial charge in [-0.05, 0) is 32.9 Å². The van der Waals surface area contributed by atoms with Crippen molar-refractivity contribution in [3.8, 4) is 0 Å². The Labute approximate surface area is 99.9 Å². The van der Waals surface area contributed by atoms with Crippen LogP contribution in [0.3, 0.4) is 0 Å². The third kappa shape index (κ3) is 3.16. The van der Waals surface area contributed by atoms with Gasteiger partial charge in [0.2, 0.25) is 10.0 Å². The van der Waals surface area contributed by atoms with Gasteiger partial charge in [-0.2, -0.15) is 0 Å². The molecule has 0 aliphatic heterocycles. The van der Waals surface area contributed by atoms with Crippen LogP contribution in [0.1, 0.15) is 19.4 Å². The van der Waals surface area contributed by atoms with Crippen molar-refractivity contribution in [2.75, 3.05) is 4.72 Å². The summed E-state index contributed by atoms with van der Waals surface area (Å²) >= 11 is 0. The third-order valence-electron chi connectivity index (χ3n) is 2.27. The molecule has 0 amide bonds. The average Bonchev–Trinajstić information content (AvgIpc) is 2.15. The Hall–Kier alpha value is -1.63. The highest BCUT2D eigenvalue weighted by molar-refractivity contribution is 7.93. The fraction of sp³-hybridized carbons (Fsp3) is 0.400. The van der Waals surface area contributed by atoms with Gasteiger partial charge in [0.1, 0.15) is 0 Å². The van der Waals surface area contributed by atoms with Gasteiger partial charge in [0.05, 0.1) is 10.2 Å². The highest BCUT2D eigenvalue weighted by Gasteiger charge is 2.17. The largest absolute Gasteiger partial charge is 0.283 e. The van der Waals surface area contributed by atoms with Crippen LogP contribution in [0.25, 0.3) is 0 Å². The fourth-order valence-electron chi connectivity index (χ4n) is 1.21. The van der Waals surface area contributed by atoms with E-state index in [0.717, 1.165) is 0 Å². The molecule has 0 saturated carbocycles. The first-order valence-corrected chi connectivity index (χ1v) is 6.55. The van der Waals surface area contributed by atoms with Crippen molar-refractivity contribution in [1.82, 2.24) is 0 Å². The summed E-state index contributed by atoms with van der Waals surface area (Å²) in [6, 6.07) is 4.11. The maximum absolute atomic E-state index is 11.6. The van der Waals surface area contributed by atoms with E-state index >= 15 is 0 Å². The summed E-state index contributed by atoms with van der Waals surface area (Å²) in [7, 11) is -3.42. The van der Waals surface area contributed by atoms with Gasteiger partial charge in [0, 0.05) is 17.3 Å². The summed E-state index contributed by atoms with van der Waals surface area (Å²) in [5, 5.41) is 10.0. The van der Waals surface area contributed by atoms with Crippen LogP contribution >= 0.6 is 0 Å². The van der Waals surface area contributed by atoms with E-state index in [9.17, 15) is 18.5 Å². The van der Waals surface area contributed by atoms with E-state index in [1.807, 2.05) is 0 Å². The van der Waals surface area contributed by atoms with Gasteiger partial charge >= 0.3 is 0 Å². The van der Waals surface area contributed by atoms with E-state index in [1.54, 1.807) is 20.8 Å². The van der Waals surface area contributed by atoms with Crippen LogP contribution in [0, 0.1) is 17.0 Å². The Balaban J connectivity index is 3.04. The van der Waals surface area contributed by atoms with E-state index in [-0.39, 0.29) is 5.69 Å². The summed E-state index contributed by atoms with van der Waals surface area (Å²) in [6.07, 6.45) is 0. The topological polar surface area (TPSA) is 89.3 Å². The molecule has 94 valence electrons. The van der Waals surface area contributed by atoms with Crippen molar-refractivity contribution in [2.24, 2.45) is 0 Å². The van der Waals surface area contributed by atoms with E-state index < -0.39 is 20.2 Å². The monoisotopic (exact) mass is 258 g/mol. The Morgan fingerprint density at radius 3 is 2.35 bits per heavy atom. The fourth-order valence-corrected chi connectivity index (χ4v) is 1.90. The molecular formula is C10H14N2O4S. The third-order valence-corrected chi connectivity index (χ3v) is 4.04. The number of aryl methyl sites for hydroxylation is 1. The summed E-state index contributed by atoms with van der Waals surface area (Å²) in [5.41, 5.74) is 0.721. The van der Waals surface area contributed by atoms with Gasteiger partial charge in [-0.15, -0.1) is 0 Å².